The van der Waals surface area contributed by atoms with Crippen molar-refractivity contribution >= 4 is 12.2 Å². The Balaban J connectivity index is 2.10. The number of ether oxygens (including phenoxy) is 3. The molecule has 2 rings (SSSR count). The zero-order valence-corrected chi connectivity index (χ0v) is 15.2. The summed E-state index contributed by atoms with van der Waals surface area (Å²) in [5.74, 6) is 1.82. The number of amides is 1. The first kappa shape index (κ1) is 19.3. The number of hydrogen-bond donors (Lipinski definition) is 1. The standard InChI is InChI=1S/C20H23NO5/c1-24-16-7-4-14(5-8-16)10-17(21-13-22)18(23)11-15-6-9-19(25-2)20(12-15)26-3/h4-9,12-13,17H,10-11H2,1-3H3,(H,21,22)/t17-/m0/s1. The molecule has 0 saturated heterocycles. The molecule has 2 aromatic carbocycles. The molecule has 0 bridgehead atoms. The minimum Gasteiger partial charge on any atom is -0.497 e. The second-order valence-electron chi connectivity index (χ2n) is 5.72. The van der Waals surface area contributed by atoms with Crippen molar-refractivity contribution in [1.82, 2.24) is 5.32 Å². The summed E-state index contributed by atoms with van der Waals surface area (Å²) in [5.41, 5.74) is 1.73. The molecule has 6 nitrogen and oxygen atoms in total. The van der Waals surface area contributed by atoms with Crippen LogP contribution in [0.5, 0.6) is 17.2 Å². The van der Waals surface area contributed by atoms with E-state index in [0.717, 1.165) is 16.9 Å². The van der Waals surface area contributed by atoms with Crippen molar-refractivity contribution in [3.63, 3.8) is 0 Å². The Morgan fingerprint density at radius 2 is 1.62 bits per heavy atom. The van der Waals surface area contributed by atoms with E-state index in [1.807, 2.05) is 30.3 Å². The van der Waals surface area contributed by atoms with Crippen LogP contribution in [0.25, 0.3) is 0 Å². The Labute approximate surface area is 153 Å². The highest BCUT2D eigenvalue weighted by molar-refractivity contribution is 5.88. The van der Waals surface area contributed by atoms with Crippen LogP contribution in [0, 0.1) is 0 Å². The largest absolute Gasteiger partial charge is 0.497 e. The molecule has 0 aromatic heterocycles. The maximum Gasteiger partial charge on any atom is 0.207 e. The van der Waals surface area contributed by atoms with Crippen LogP contribution in [0.15, 0.2) is 42.5 Å². The van der Waals surface area contributed by atoms with Gasteiger partial charge in [-0.25, -0.2) is 0 Å². The third-order valence-electron chi connectivity index (χ3n) is 4.08. The van der Waals surface area contributed by atoms with E-state index < -0.39 is 6.04 Å². The Morgan fingerprint density at radius 3 is 2.19 bits per heavy atom. The first-order valence-electron chi connectivity index (χ1n) is 8.17. The number of benzene rings is 2. The number of carbonyl (C=O) groups is 2. The van der Waals surface area contributed by atoms with E-state index in [1.54, 1.807) is 33.5 Å². The lowest BCUT2D eigenvalue weighted by Crippen LogP contribution is -2.38. The fourth-order valence-corrected chi connectivity index (χ4v) is 2.66. The van der Waals surface area contributed by atoms with E-state index in [-0.39, 0.29) is 12.2 Å². The van der Waals surface area contributed by atoms with Crippen molar-refractivity contribution in [3.8, 4) is 17.2 Å². The van der Waals surface area contributed by atoms with Gasteiger partial charge in [-0.2, -0.15) is 0 Å². The fourth-order valence-electron chi connectivity index (χ4n) is 2.66. The quantitative estimate of drug-likeness (QED) is 0.660. The van der Waals surface area contributed by atoms with Gasteiger partial charge < -0.3 is 19.5 Å². The molecule has 0 unspecified atom stereocenters. The van der Waals surface area contributed by atoms with Crippen LogP contribution in [-0.4, -0.2) is 39.6 Å². The van der Waals surface area contributed by atoms with Crippen LogP contribution in [0.2, 0.25) is 0 Å². The fraction of sp³-hybridized carbons (Fsp3) is 0.300. The van der Waals surface area contributed by atoms with E-state index in [4.69, 9.17) is 14.2 Å². The van der Waals surface area contributed by atoms with Gasteiger partial charge in [0.25, 0.3) is 0 Å². The summed E-state index contributed by atoms with van der Waals surface area (Å²) in [5, 5.41) is 2.61. The maximum absolute atomic E-state index is 12.7. The van der Waals surface area contributed by atoms with E-state index in [0.29, 0.717) is 24.3 Å². The zero-order chi connectivity index (χ0) is 18.9. The molecule has 0 saturated carbocycles. The second kappa shape index (κ2) is 9.46. The molecule has 0 aliphatic rings. The summed E-state index contributed by atoms with van der Waals surface area (Å²) < 4.78 is 15.6. The van der Waals surface area contributed by atoms with Gasteiger partial charge in [0.15, 0.2) is 17.3 Å². The van der Waals surface area contributed by atoms with Crippen molar-refractivity contribution in [2.45, 2.75) is 18.9 Å². The molecule has 2 aromatic rings. The molecule has 1 amide bonds. The minimum absolute atomic E-state index is 0.0832. The Bertz CT molecular complexity index is 742. The maximum atomic E-state index is 12.7. The number of methoxy groups -OCH3 is 3. The van der Waals surface area contributed by atoms with E-state index in [1.165, 1.54) is 0 Å². The first-order valence-corrected chi connectivity index (χ1v) is 8.17. The lowest BCUT2D eigenvalue weighted by Gasteiger charge is -2.16. The molecule has 138 valence electrons. The van der Waals surface area contributed by atoms with Crippen molar-refractivity contribution in [3.05, 3.63) is 53.6 Å². The lowest BCUT2D eigenvalue weighted by atomic mass is 9.97. The minimum atomic E-state index is -0.603. The van der Waals surface area contributed by atoms with Crippen LogP contribution in [-0.2, 0) is 22.4 Å². The van der Waals surface area contributed by atoms with Gasteiger partial charge in [-0.15, -0.1) is 0 Å². The van der Waals surface area contributed by atoms with Gasteiger partial charge >= 0.3 is 0 Å². The molecule has 1 atom stereocenters. The van der Waals surface area contributed by atoms with Crippen molar-refractivity contribution in [2.75, 3.05) is 21.3 Å². The zero-order valence-electron chi connectivity index (χ0n) is 15.2. The van der Waals surface area contributed by atoms with E-state index >= 15 is 0 Å². The predicted octanol–water partition coefficient (Wildman–Crippen LogP) is 2.18. The van der Waals surface area contributed by atoms with Gasteiger partial charge in [0, 0.05) is 6.42 Å². The summed E-state index contributed by atoms with van der Waals surface area (Å²) >= 11 is 0. The van der Waals surface area contributed by atoms with Gasteiger partial charge in [-0.1, -0.05) is 18.2 Å². The lowest BCUT2D eigenvalue weighted by molar-refractivity contribution is -0.123. The summed E-state index contributed by atoms with van der Waals surface area (Å²) in [6.45, 7) is 0. The number of ketones is 1. The summed E-state index contributed by atoms with van der Waals surface area (Å²) in [7, 11) is 4.70. The summed E-state index contributed by atoms with van der Waals surface area (Å²) in [4.78, 5) is 23.6. The van der Waals surface area contributed by atoms with E-state index in [9.17, 15) is 9.59 Å². The third-order valence-corrected chi connectivity index (χ3v) is 4.08. The topological polar surface area (TPSA) is 73.9 Å². The highest BCUT2D eigenvalue weighted by Crippen LogP contribution is 2.28. The molecule has 0 spiro atoms. The molecule has 0 fully saturated rings. The number of carbonyl (C=O) groups excluding carboxylic acids is 2. The Kier molecular flexibility index (Phi) is 7.02. The molecule has 0 heterocycles. The van der Waals surface area contributed by atoms with Crippen LogP contribution < -0.4 is 19.5 Å². The number of Topliss-reactive ketones (excluding diaryl/α,β-unsaturated/α-hetero) is 1. The Hall–Kier alpha value is -3.02. The number of rotatable bonds is 10. The molecular formula is C20H23NO5. The van der Waals surface area contributed by atoms with Gasteiger partial charge in [0.2, 0.25) is 6.41 Å². The van der Waals surface area contributed by atoms with Gasteiger partial charge in [0.05, 0.1) is 27.4 Å². The smallest absolute Gasteiger partial charge is 0.207 e. The highest BCUT2D eigenvalue weighted by Gasteiger charge is 2.19. The van der Waals surface area contributed by atoms with E-state index in [2.05, 4.69) is 5.32 Å². The normalized spacial score (nSPS) is 11.3. The second-order valence-corrected chi connectivity index (χ2v) is 5.72. The first-order chi connectivity index (χ1) is 12.6. The summed E-state index contributed by atoms with van der Waals surface area (Å²) in [6.07, 6.45) is 1.15. The van der Waals surface area contributed by atoms with Crippen molar-refractivity contribution < 1.29 is 23.8 Å². The number of nitrogens with one attached hydrogen (secondary N) is 1. The summed E-state index contributed by atoms with van der Waals surface area (Å²) in [6, 6.07) is 12.1. The van der Waals surface area contributed by atoms with Crippen LogP contribution in [0.3, 0.4) is 0 Å². The monoisotopic (exact) mass is 357 g/mol. The molecule has 6 heteroatoms. The molecule has 26 heavy (non-hydrogen) atoms. The average Bonchev–Trinajstić information content (AvgIpc) is 2.68. The molecular weight excluding hydrogens is 334 g/mol. The molecule has 0 radical (unpaired) electrons. The Morgan fingerprint density at radius 1 is 0.962 bits per heavy atom. The van der Waals surface area contributed by atoms with Gasteiger partial charge in [-0.3, -0.25) is 9.59 Å². The van der Waals surface area contributed by atoms with Crippen molar-refractivity contribution in [2.24, 2.45) is 0 Å². The third kappa shape index (κ3) is 4.99. The highest BCUT2D eigenvalue weighted by atomic mass is 16.5. The van der Waals surface area contributed by atoms with Crippen LogP contribution >= 0.6 is 0 Å². The molecule has 0 aliphatic heterocycles. The number of hydrogen-bond acceptors (Lipinski definition) is 5. The SMILES string of the molecule is COc1ccc(C[C@H](NC=O)C(=O)Cc2ccc(OC)c(OC)c2)cc1. The molecule has 0 aliphatic carbocycles. The van der Waals surface area contributed by atoms with Gasteiger partial charge in [0.1, 0.15) is 5.75 Å². The average molecular weight is 357 g/mol. The van der Waals surface area contributed by atoms with Crippen molar-refractivity contribution in [1.29, 1.82) is 0 Å². The molecule has 1 N–H and O–H groups in total. The van der Waals surface area contributed by atoms with Crippen LogP contribution in [0.4, 0.5) is 0 Å². The van der Waals surface area contributed by atoms with Crippen LogP contribution in [0.1, 0.15) is 11.1 Å². The van der Waals surface area contributed by atoms with Gasteiger partial charge in [-0.05, 0) is 41.8 Å². The predicted molar refractivity (Wildman–Crippen MR) is 97.9 cm³/mol.